The highest BCUT2D eigenvalue weighted by Crippen LogP contribution is 2.32. The van der Waals surface area contributed by atoms with Crippen LogP contribution in [0, 0.1) is 11.3 Å². The van der Waals surface area contributed by atoms with Crippen LogP contribution in [0.2, 0.25) is 0 Å². The summed E-state index contributed by atoms with van der Waals surface area (Å²) in [6.45, 7) is 0. The van der Waals surface area contributed by atoms with Crippen molar-refractivity contribution in [1.29, 1.82) is 5.26 Å². The Morgan fingerprint density at radius 2 is 2.21 bits per heavy atom. The van der Waals surface area contributed by atoms with E-state index in [1.165, 1.54) is 5.56 Å². The van der Waals surface area contributed by atoms with Crippen molar-refractivity contribution in [3.05, 3.63) is 29.3 Å². The van der Waals surface area contributed by atoms with E-state index in [2.05, 4.69) is 23.1 Å². The molecule has 0 N–H and O–H groups in total. The zero-order chi connectivity index (χ0) is 14.0. The minimum absolute atomic E-state index is 0.144. The number of carbonyl (C=O) groups is 1. The number of carbonyl (C=O) groups excluding carboxylic acids is 1. The molecule has 1 amide bonds. The number of nitrogens with zero attached hydrogens (tertiary/aromatic N) is 3. The van der Waals surface area contributed by atoms with Gasteiger partial charge in [-0.05, 0) is 37.7 Å². The van der Waals surface area contributed by atoms with Gasteiger partial charge in [0.2, 0.25) is 5.91 Å². The summed E-state index contributed by atoms with van der Waals surface area (Å²) in [5, 5.41) is 8.75. The van der Waals surface area contributed by atoms with E-state index in [-0.39, 0.29) is 11.9 Å². The van der Waals surface area contributed by atoms with Crippen molar-refractivity contribution in [3.63, 3.8) is 0 Å². The van der Waals surface area contributed by atoms with Gasteiger partial charge in [0, 0.05) is 25.2 Å². The smallest absolute Gasteiger partial charge is 0.231 e. The van der Waals surface area contributed by atoms with Gasteiger partial charge < -0.3 is 9.80 Å². The van der Waals surface area contributed by atoms with E-state index in [0.29, 0.717) is 12.8 Å². The van der Waals surface area contributed by atoms with Gasteiger partial charge in [0.1, 0.15) is 0 Å². The van der Waals surface area contributed by atoms with Crippen molar-refractivity contribution in [1.82, 2.24) is 4.90 Å². The molecular formula is C15H19N3O. The molecule has 1 aliphatic heterocycles. The van der Waals surface area contributed by atoms with Gasteiger partial charge in [-0.2, -0.15) is 5.26 Å². The molecule has 19 heavy (non-hydrogen) atoms. The van der Waals surface area contributed by atoms with E-state index >= 15 is 0 Å². The Bertz CT molecular complexity index is 531. The summed E-state index contributed by atoms with van der Waals surface area (Å²) in [6, 6.07) is 8.62. The van der Waals surface area contributed by atoms with Crippen LogP contribution in [-0.4, -0.2) is 32.0 Å². The molecule has 4 nitrogen and oxygen atoms in total. The summed E-state index contributed by atoms with van der Waals surface area (Å²) >= 11 is 0. The molecule has 100 valence electrons. The Morgan fingerprint density at radius 3 is 2.84 bits per heavy atom. The second kappa shape index (κ2) is 5.41. The van der Waals surface area contributed by atoms with Crippen molar-refractivity contribution in [2.45, 2.75) is 25.3 Å². The highest BCUT2D eigenvalue weighted by atomic mass is 16.2. The SMILES string of the molecule is CN1C(=O)Cc2cc(C(CCC#N)N(C)C)ccc21. The molecule has 0 aromatic heterocycles. The zero-order valence-corrected chi connectivity index (χ0v) is 11.7. The van der Waals surface area contributed by atoms with E-state index in [1.54, 1.807) is 4.90 Å². The number of anilines is 1. The van der Waals surface area contributed by atoms with Crippen LogP contribution >= 0.6 is 0 Å². The van der Waals surface area contributed by atoms with Gasteiger partial charge >= 0.3 is 0 Å². The number of likely N-dealkylation sites (N-methyl/N-ethyl adjacent to an activating group) is 1. The summed E-state index contributed by atoms with van der Waals surface area (Å²) in [5.41, 5.74) is 3.28. The zero-order valence-electron chi connectivity index (χ0n) is 11.7. The lowest BCUT2D eigenvalue weighted by Crippen LogP contribution is -2.20. The molecular weight excluding hydrogens is 238 g/mol. The fourth-order valence-corrected chi connectivity index (χ4v) is 2.62. The Balaban J connectivity index is 2.29. The quantitative estimate of drug-likeness (QED) is 0.830. The summed E-state index contributed by atoms with van der Waals surface area (Å²) in [7, 11) is 5.85. The van der Waals surface area contributed by atoms with Crippen molar-refractivity contribution >= 4 is 11.6 Å². The van der Waals surface area contributed by atoms with Gasteiger partial charge in [-0.3, -0.25) is 4.79 Å². The van der Waals surface area contributed by atoms with Crippen LogP contribution in [0.15, 0.2) is 18.2 Å². The van der Waals surface area contributed by atoms with E-state index in [9.17, 15) is 4.79 Å². The maximum atomic E-state index is 11.7. The lowest BCUT2D eigenvalue weighted by atomic mass is 9.98. The molecule has 1 unspecified atom stereocenters. The highest BCUT2D eigenvalue weighted by molar-refractivity contribution is 6.00. The molecule has 0 bridgehead atoms. The minimum atomic E-state index is 0.144. The van der Waals surface area contributed by atoms with E-state index < -0.39 is 0 Å². The first-order chi connectivity index (χ1) is 9.04. The first kappa shape index (κ1) is 13.6. The van der Waals surface area contributed by atoms with Gasteiger partial charge in [-0.1, -0.05) is 12.1 Å². The van der Waals surface area contributed by atoms with E-state index in [0.717, 1.165) is 17.7 Å². The molecule has 2 rings (SSSR count). The molecule has 1 aromatic carbocycles. The molecule has 1 aromatic rings. The standard InChI is InChI=1S/C15H19N3O/c1-17(2)13(5-4-8-16)11-6-7-14-12(9-11)10-15(19)18(14)3/h6-7,9,13H,4-5,10H2,1-3H3. The largest absolute Gasteiger partial charge is 0.315 e. The Labute approximate surface area is 114 Å². The number of amides is 1. The second-order valence-corrected chi connectivity index (χ2v) is 5.19. The van der Waals surface area contributed by atoms with Gasteiger partial charge in [-0.15, -0.1) is 0 Å². The number of rotatable bonds is 4. The lowest BCUT2D eigenvalue weighted by Gasteiger charge is -2.24. The first-order valence-electron chi connectivity index (χ1n) is 6.47. The van der Waals surface area contributed by atoms with Gasteiger partial charge in [0.05, 0.1) is 12.5 Å². The average Bonchev–Trinajstić information content (AvgIpc) is 2.65. The molecule has 0 radical (unpaired) electrons. The summed E-state index contributed by atoms with van der Waals surface area (Å²) in [4.78, 5) is 15.5. The van der Waals surface area contributed by atoms with Crippen molar-refractivity contribution in [2.24, 2.45) is 0 Å². The molecule has 0 saturated heterocycles. The normalized spacial score (nSPS) is 15.5. The van der Waals surface area contributed by atoms with Crippen LogP contribution in [-0.2, 0) is 11.2 Å². The van der Waals surface area contributed by atoms with Crippen LogP contribution < -0.4 is 4.90 Å². The van der Waals surface area contributed by atoms with Crippen LogP contribution in [0.3, 0.4) is 0 Å². The Morgan fingerprint density at radius 1 is 1.47 bits per heavy atom. The molecule has 0 fully saturated rings. The van der Waals surface area contributed by atoms with Crippen LogP contribution in [0.4, 0.5) is 5.69 Å². The second-order valence-electron chi connectivity index (χ2n) is 5.19. The number of benzene rings is 1. The van der Waals surface area contributed by atoms with Gasteiger partial charge in [0.15, 0.2) is 0 Å². The first-order valence-corrected chi connectivity index (χ1v) is 6.47. The fourth-order valence-electron chi connectivity index (χ4n) is 2.62. The molecule has 0 spiro atoms. The molecule has 1 atom stereocenters. The molecule has 4 heteroatoms. The van der Waals surface area contributed by atoms with Gasteiger partial charge in [-0.25, -0.2) is 0 Å². The predicted octanol–water partition coefficient (Wildman–Crippen LogP) is 2.11. The average molecular weight is 257 g/mol. The third kappa shape index (κ3) is 2.61. The molecule has 0 aliphatic carbocycles. The maximum Gasteiger partial charge on any atom is 0.231 e. The third-order valence-electron chi connectivity index (χ3n) is 3.72. The molecule has 1 aliphatic rings. The number of fused-ring (bicyclic) bond motifs is 1. The monoisotopic (exact) mass is 257 g/mol. The summed E-state index contributed by atoms with van der Waals surface area (Å²) < 4.78 is 0. The van der Waals surface area contributed by atoms with Gasteiger partial charge in [0.25, 0.3) is 0 Å². The molecule has 0 saturated carbocycles. The van der Waals surface area contributed by atoms with Crippen LogP contribution in [0.25, 0.3) is 0 Å². The number of hydrogen-bond donors (Lipinski definition) is 0. The van der Waals surface area contributed by atoms with Crippen LogP contribution in [0.5, 0.6) is 0 Å². The lowest BCUT2D eigenvalue weighted by molar-refractivity contribution is -0.117. The van der Waals surface area contributed by atoms with Crippen molar-refractivity contribution in [2.75, 3.05) is 26.0 Å². The van der Waals surface area contributed by atoms with Crippen molar-refractivity contribution in [3.8, 4) is 6.07 Å². The Kier molecular flexibility index (Phi) is 3.87. The maximum absolute atomic E-state index is 11.7. The minimum Gasteiger partial charge on any atom is -0.315 e. The predicted molar refractivity (Wildman–Crippen MR) is 74.8 cm³/mol. The van der Waals surface area contributed by atoms with Crippen molar-refractivity contribution < 1.29 is 4.79 Å². The number of nitriles is 1. The number of hydrogen-bond acceptors (Lipinski definition) is 3. The summed E-state index contributed by atoms with van der Waals surface area (Å²) in [6.07, 6.45) is 1.84. The highest BCUT2D eigenvalue weighted by Gasteiger charge is 2.25. The third-order valence-corrected chi connectivity index (χ3v) is 3.72. The Hall–Kier alpha value is -1.86. The van der Waals surface area contributed by atoms with Crippen LogP contribution in [0.1, 0.15) is 30.0 Å². The molecule has 1 heterocycles. The van der Waals surface area contributed by atoms with E-state index in [4.69, 9.17) is 5.26 Å². The van der Waals surface area contributed by atoms with E-state index in [1.807, 2.05) is 27.2 Å². The summed E-state index contributed by atoms with van der Waals surface area (Å²) in [5.74, 6) is 0.144. The fraction of sp³-hybridized carbons (Fsp3) is 0.467. The topological polar surface area (TPSA) is 47.3 Å².